The molecule has 4 aromatic rings. The van der Waals surface area contributed by atoms with Gasteiger partial charge in [-0.3, -0.25) is 9.59 Å². The molecule has 0 atom stereocenters. The number of carbonyl (C=O) groups excluding carboxylic acids is 2. The van der Waals surface area contributed by atoms with Crippen molar-refractivity contribution in [3.63, 3.8) is 0 Å². The molecule has 8 heteroatoms. The third-order valence-electron chi connectivity index (χ3n) is 4.74. The van der Waals surface area contributed by atoms with Crippen LogP contribution in [0.3, 0.4) is 0 Å². The third kappa shape index (κ3) is 4.92. The summed E-state index contributed by atoms with van der Waals surface area (Å²) < 4.78 is 3.11. The van der Waals surface area contributed by atoms with Gasteiger partial charge in [-0.25, -0.2) is 9.36 Å². The Morgan fingerprint density at radius 2 is 1.84 bits per heavy atom. The normalized spacial score (nSPS) is 10.8. The zero-order valence-corrected chi connectivity index (χ0v) is 17.3. The summed E-state index contributed by atoms with van der Waals surface area (Å²) in [5, 5.41) is 15.2. The number of ketones is 1. The highest BCUT2D eigenvalue weighted by Gasteiger charge is 2.14. The van der Waals surface area contributed by atoms with Crippen LogP contribution in [0.15, 0.2) is 66.9 Å². The molecule has 0 saturated carbocycles. The summed E-state index contributed by atoms with van der Waals surface area (Å²) in [4.78, 5) is 24.0. The molecule has 1 amide bonds. The Labute approximate surface area is 179 Å². The van der Waals surface area contributed by atoms with Gasteiger partial charge in [-0.1, -0.05) is 59.3 Å². The summed E-state index contributed by atoms with van der Waals surface area (Å²) in [5.41, 5.74) is 4.18. The van der Waals surface area contributed by atoms with Crippen LogP contribution in [0.1, 0.15) is 28.5 Å². The molecule has 2 aromatic heterocycles. The number of aromatic nitrogens is 5. The van der Waals surface area contributed by atoms with E-state index in [1.807, 2.05) is 61.5 Å². The molecular weight excluding hydrogens is 392 g/mol. The van der Waals surface area contributed by atoms with Gasteiger partial charge in [-0.15, -0.1) is 5.10 Å². The zero-order chi connectivity index (χ0) is 21.8. The SMILES string of the molecule is CC(=O)c1cn(CC(=O)Nc2cc(-c3cccc(C)c3)nn2Cc2ccccc2)nn1. The largest absolute Gasteiger partial charge is 0.309 e. The van der Waals surface area contributed by atoms with E-state index in [0.29, 0.717) is 12.4 Å². The number of hydrogen-bond acceptors (Lipinski definition) is 5. The Kier molecular flexibility index (Phi) is 5.70. The van der Waals surface area contributed by atoms with Crippen molar-refractivity contribution in [2.75, 3.05) is 5.32 Å². The first-order chi connectivity index (χ1) is 15.0. The minimum Gasteiger partial charge on any atom is -0.309 e. The van der Waals surface area contributed by atoms with Gasteiger partial charge in [0.15, 0.2) is 5.78 Å². The maximum absolute atomic E-state index is 12.6. The number of anilines is 1. The van der Waals surface area contributed by atoms with Crippen LogP contribution in [0, 0.1) is 6.92 Å². The number of aryl methyl sites for hydroxylation is 1. The van der Waals surface area contributed by atoms with Crippen molar-refractivity contribution >= 4 is 17.5 Å². The number of rotatable bonds is 7. The van der Waals surface area contributed by atoms with E-state index >= 15 is 0 Å². The summed E-state index contributed by atoms with van der Waals surface area (Å²) in [5.74, 6) is 0.0951. The Hall–Kier alpha value is -4.07. The van der Waals surface area contributed by atoms with E-state index < -0.39 is 0 Å². The lowest BCUT2D eigenvalue weighted by molar-refractivity contribution is -0.117. The van der Waals surface area contributed by atoms with Crippen LogP contribution >= 0.6 is 0 Å². The van der Waals surface area contributed by atoms with Crippen molar-refractivity contribution in [3.8, 4) is 11.3 Å². The number of amides is 1. The topological polar surface area (TPSA) is 94.7 Å². The maximum atomic E-state index is 12.6. The molecule has 0 aliphatic heterocycles. The van der Waals surface area contributed by atoms with Gasteiger partial charge in [0.2, 0.25) is 5.91 Å². The Balaban J connectivity index is 1.59. The number of benzene rings is 2. The lowest BCUT2D eigenvalue weighted by Crippen LogP contribution is -2.21. The minimum absolute atomic E-state index is 0.0590. The molecule has 0 bridgehead atoms. The zero-order valence-electron chi connectivity index (χ0n) is 17.3. The van der Waals surface area contributed by atoms with Crippen LogP contribution in [-0.2, 0) is 17.9 Å². The smallest absolute Gasteiger partial charge is 0.247 e. The average molecular weight is 414 g/mol. The van der Waals surface area contributed by atoms with Gasteiger partial charge in [0, 0.05) is 18.6 Å². The number of hydrogen-bond donors (Lipinski definition) is 1. The van der Waals surface area contributed by atoms with E-state index in [2.05, 4.69) is 21.7 Å². The summed E-state index contributed by atoms with van der Waals surface area (Å²) in [6.45, 7) is 3.89. The Bertz CT molecular complexity index is 1230. The Morgan fingerprint density at radius 3 is 2.55 bits per heavy atom. The molecule has 0 aliphatic carbocycles. The van der Waals surface area contributed by atoms with Gasteiger partial charge < -0.3 is 5.32 Å². The number of nitrogens with one attached hydrogen (secondary N) is 1. The van der Waals surface area contributed by atoms with Gasteiger partial charge >= 0.3 is 0 Å². The molecule has 2 heterocycles. The Morgan fingerprint density at radius 1 is 1.03 bits per heavy atom. The standard InChI is InChI=1S/C23H22N6O2/c1-16-7-6-10-19(11-16)20-12-22(29(26-20)13-18-8-4-3-5-9-18)24-23(31)15-28-14-21(17(2)30)25-27-28/h3-12,14H,13,15H2,1-2H3,(H,24,31). The summed E-state index contributed by atoms with van der Waals surface area (Å²) in [6, 6.07) is 19.8. The molecule has 156 valence electrons. The fourth-order valence-electron chi connectivity index (χ4n) is 3.21. The monoisotopic (exact) mass is 414 g/mol. The fourth-order valence-corrected chi connectivity index (χ4v) is 3.21. The highest BCUT2D eigenvalue weighted by Crippen LogP contribution is 2.23. The van der Waals surface area contributed by atoms with Crippen LogP contribution in [0.5, 0.6) is 0 Å². The first kappa shape index (κ1) is 20.2. The number of carbonyl (C=O) groups is 2. The van der Waals surface area contributed by atoms with Crippen molar-refractivity contribution in [2.24, 2.45) is 0 Å². The van der Waals surface area contributed by atoms with E-state index in [0.717, 1.165) is 22.4 Å². The van der Waals surface area contributed by atoms with Gasteiger partial charge in [-0.2, -0.15) is 5.10 Å². The highest BCUT2D eigenvalue weighted by molar-refractivity contribution is 5.92. The van der Waals surface area contributed by atoms with E-state index in [1.54, 1.807) is 4.68 Å². The van der Waals surface area contributed by atoms with Crippen molar-refractivity contribution in [1.82, 2.24) is 24.8 Å². The van der Waals surface area contributed by atoms with Crippen LogP contribution in [0.2, 0.25) is 0 Å². The highest BCUT2D eigenvalue weighted by atomic mass is 16.2. The maximum Gasteiger partial charge on any atom is 0.247 e. The van der Waals surface area contributed by atoms with Crippen LogP contribution in [-0.4, -0.2) is 36.5 Å². The van der Waals surface area contributed by atoms with Crippen LogP contribution in [0.25, 0.3) is 11.3 Å². The molecule has 0 saturated heterocycles. The first-order valence-electron chi connectivity index (χ1n) is 9.87. The van der Waals surface area contributed by atoms with E-state index in [4.69, 9.17) is 5.10 Å². The molecule has 0 unspecified atom stereocenters. The lowest BCUT2D eigenvalue weighted by atomic mass is 10.1. The second-order valence-corrected chi connectivity index (χ2v) is 7.33. The third-order valence-corrected chi connectivity index (χ3v) is 4.74. The minimum atomic E-state index is -0.287. The molecule has 31 heavy (non-hydrogen) atoms. The summed E-state index contributed by atoms with van der Waals surface area (Å²) >= 11 is 0. The van der Waals surface area contributed by atoms with Gasteiger partial charge in [0.25, 0.3) is 0 Å². The van der Waals surface area contributed by atoms with E-state index in [-0.39, 0.29) is 23.9 Å². The van der Waals surface area contributed by atoms with Crippen molar-refractivity contribution in [2.45, 2.75) is 26.9 Å². The van der Waals surface area contributed by atoms with Gasteiger partial charge in [-0.05, 0) is 18.6 Å². The van der Waals surface area contributed by atoms with Crippen molar-refractivity contribution in [3.05, 3.63) is 83.7 Å². The molecule has 1 N–H and O–H groups in total. The van der Waals surface area contributed by atoms with Gasteiger partial charge in [0.05, 0.1) is 18.4 Å². The first-order valence-corrected chi connectivity index (χ1v) is 9.87. The quantitative estimate of drug-likeness (QED) is 0.468. The average Bonchev–Trinajstić information content (AvgIpc) is 3.36. The fraction of sp³-hybridized carbons (Fsp3) is 0.174. The molecule has 0 radical (unpaired) electrons. The second-order valence-electron chi connectivity index (χ2n) is 7.33. The number of Topliss-reactive ketones (excluding diaryl/α,β-unsaturated/α-hetero) is 1. The van der Waals surface area contributed by atoms with E-state index in [9.17, 15) is 9.59 Å². The van der Waals surface area contributed by atoms with Crippen molar-refractivity contribution < 1.29 is 9.59 Å². The predicted octanol–water partition coefficient (Wildman–Crippen LogP) is 3.34. The van der Waals surface area contributed by atoms with E-state index in [1.165, 1.54) is 17.8 Å². The van der Waals surface area contributed by atoms with Gasteiger partial charge in [0.1, 0.15) is 18.1 Å². The molecule has 4 rings (SSSR count). The molecular formula is C23H22N6O2. The molecule has 0 spiro atoms. The molecule has 8 nitrogen and oxygen atoms in total. The molecule has 0 fully saturated rings. The van der Waals surface area contributed by atoms with Crippen LogP contribution in [0.4, 0.5) is 5.82 Å². The number of nitrogens with zero attached hydrogens (tertiary/aromatic N) is 5. The molecule has 2 aromatic carbocycles. The predicted molar refractivity (Wildman–Crippen MR) is 117 cm³/mol. The second kappa shape index (κ2) is 8.74. The van der Waals surface area contributed by atoms with Crippen LogP contribution < -0.4 is 5.32 Å². The molecule has 0 aliphatic rings. The summed E-state index contributed by atoms with van der Waals surface area (Å²) in [6.07, 6.45) is 1.46. The lowest BCUT2D eigenvalue weighted by Gasteiger charge is -2.09. The summed E-state index contributed by atoms with van der Waals surface area (Å²) in [7, 11) is 0. The van der Waals surface area contributed by atoms with Crippen molar-refractivity contribution in [1.29, 1.82) is 0 Å².